The molecule has 0 spiro atoms. The normalized spacial score (nSPS) is 54.1. The smallest absolute Gasteiger partial charge is 0.309 e. The van der Waals surface area contributed by atoms with Crippen LogP contribution in [-0.2, 0) is 9.59 Å². The lowest BCUT2D eigenvalue weighted by atomic mass is 9.33. The fourth-order valence-electron chi connectivity index (χ4n) is 10.4. The van der Waals surface area contributed by atoms with Crippen molar-refractivity contribution in [3.8, 4) is 0 Å². The van der Waals surface area contributed by atoms with Gasteiger partial charge in [-0.05, 0) is 110 Å². The maximum absolute atomic E-state index is 14.2. The number of hydrogen-bond acceptors (Lipinski definition) is 3. The van der Waals surface area contributed by atoms with Gasteiger partial charge in [-0.15, -0.1) is 0 Å². The Bertz CT molecular complexity index is 968. The number of carbonyl (C=O) groups excluding carboxylic acids is 1. The fraction of sp³-hybridized carbons (Fsp3) is 0.867. The molecule has 0 aromatic heterocycles. The first-order chi connectivity index (χ1) is 15.6. The highest BCUT2D eigenvalue weighted by atomic mass is 16.4. The van der Waals surface area contributed by atoms with E-state index in [-0.39, 0.29) is 45.0 Å². The summed E-state index contributed by atoms with van der Waals surface area (Å²) in [7, 11) is 0. The van der Waals surface area contributed by atoms with Gasteiger partial charge in [-0.2, -0.15) is 0 Å². The molecule has 0 unspecified atom stereocenters. The van der Waals surface area contributed by atoms with Crippen LogP contribution in [0, 0.1) is 50.2 Å². The predicted molar refractivity (Wildman–Crippen MR) is 135 cm³/mol. The summed E-state index contributed by atoms with van der Waals surface area (Å²) in [5, 5.41) is 10.1. The highest BCUT2D eigenvalue weighted by Crippen LogP contribution is 2.75. The molecule has 0 aromatic carbocycles. The standard InChI is InChI=1S/C30H47NO3/c1-25(2)21-8-11-30(7)23(28(21,5)10-9-22(25)31)20(32)16-18-19-17-27(4,24(33)34)13-12-26(19,3)14-15-29(18,30)6/h16,19,21-23H,8-15,17,31H2,1-7H3,(H,33,34)/t19-,21+,22+,23-,26+,27-,28-,29+,30+/m0/s1. The van der Waals surface area contributed by atoms with E-state index in [4.69, 9.17) is 5.73 Å². The summed E-state index contributed by atoms with van der Waals surface area (Å²) < 4.78 is 0. The van der Waals surface area contributed by atoms with E-state index in [0.717, 1.165) is 51.4 Å². The molecule has 0 aromatic rings. The van der Waals surface area contributed by atoms with Crippen LogP contribution in [-0.4, -0.2) is 22.9 Å². The van der Waals surface area contributed by atoms with Crippen LogP contribution in [0.5, 0.6) is 0 Å². The van der Waals surface area contributed by atoms with Crippen molar-refractivity contribution >= 4 is 11.8 Å². The van der Waals surface area contributed by atoms with Crippen molar-refractivity contribution in [3.05, 3.63) is 11.6 Å². The zero-order chi connectivity index (χ0) is 25.1. The molecule has 34 heavy (non-hydrogen) atoms. The van der Waals surface area contributed by atoms with Crippen molar-refractivity contribution in [1.82, 2.24) is 0 Å². The minimum atomic E-state index is -0.697. The molecule has 0 radical (unpaired) electrons. The van der Waals surface area contributed by atoms with E-state index in [0.29, 0.717) is 18.1 Å². The second-order valence-corrected chi connectivity index (χ2v) is 15.0. The summed E-state index contributed by atoms with van der Waals surface area (Å²) in [5.41, 5.74) is 7.21. The molecule has 5 rings (SSSR count). The van der Waals surface area contributed by atoms with Crippen LogP contribution < -0.4 is 5.73 Å². The van der Waals surface area contributed by atoms with Gasteiger partial charge in [0, 0.05) is 12.0 Å². The van der Waals surface area contributed by atoms with Crippen molar-refractivity contribution in [2.24, 2.45) is 56.0 Å². The van der Waals surface area contributed by atoms with Crippen LogP contribution in [0.4, 0.5) is 0 Å². The fourth-order valence-corrected chi connectivity index (χ4v) is 10.4. The van der Waals surface area contributed by atoms with Crippen LogP contribution in [0.1, 0.15) is 106 Å². The Kier molecular flexibility index (Phi) is 5.04. The van der Waals surface area contributed by atoms with Gasteiger partial charge in [0.15, 0.2) is 5.78 Å². The first-order valence-electron chi connectivity index (χ1n) is 13.8. The average Bonchev–Trinajstić information content (AvgIpc) is 2.73. The lowest BCUT2D eigenvalue weighted by molar-refractivity contribution is -0.188. The third-order valence-corrected chi connectivity index (χ3v) is 13.2. The second kappa shape index (κ2) is 6.99. The van der Waals surface area contributed by atoms with Crippen molar-refractivity contribution in [2.45, 2.75) is 112 Å². The molecule has 0 heterocycles. The first-order valence-corrected chi connectivity index (χ1v) is 13.8. The molecule has 4 nitrogen and oxygen atoms in total. The van der Waals surface area contributed by atoms with Crippen molar-refractivity contribution in [3.63, 3.8) is 0 Å². The molecule has 4 heteroatoms. The van der Waals surface area contributed by atoms with Crippen molar-refractivity contribution in [1.29, 1.82) is 0 Å². The van der Waals surface area contributed by atoms with Gasteiger partial charge < -0.3 is 10.8 Å². The van der Waals surface area contributed by atoms with Gasteiger partial charge in [0.2, 0.25) is 0 Å². The number of fused-ring (bicyclic) bond motifs is 7. The molecular weight excluding hydrogens is 422 g/mol. The third kappa shape index (κ3) is 2.81. The number of ketones is 1. The van der Waals surface area contributed by atoms with Gasteiger partial charge in [-0.25, -0.2) is 0 Å². The molecule has 0 aliphatic heterocycles. The van der Waals surface area contributed by atoms with E-state index >= 15 is 0 Å². The molecule has 4 saturated carbocycles. The van der Waals surface area contributed by atoms with E-state index in [9.17, 15) is 14.7 Å². The molecule has 5 aliphatic rings. The number of rotatable bonds is 1. The van der Waals surface area contributed by atoms with Gasteiger partial charge in [-0.1, -0.05) is 47.1 Å². The molecule has 0 bridgehead atoms. The van der Waals surface area contributed by atoms with Gasteiger partial charge in [0.1, 0.15) is 0 Å². The molecule has 0 amide bonds. The Morgan fingerprint density at radius 2 is 1.59 bits per heavy atom. The zero-order valence-electron chi connectivity index (χ0n) is 22.6. The van der Waals surface area contributed by atoms with Crippen LogP contribution in [0.15, 0.2) is 11.6 Å². The van der Waals surface area contributed by atoms with Gasteiger partial charge in [-0.3, -0.25) is 9.59 Å². The summed E-state index contributed by atoms with van der Waals surface area (Å²) in [4.78, 5) is 26.5. The van der Waals surface area contributed by atoms with Crippen LogP contribution in [0.25, 0.3) is 0 Å². The highest BCUT2D eigenvalue weighted by Gasteiger charge is 2.70. The van der Waals surface area contributed by atoms with E-state index in [1.165, 1.54) is 5.57 Å². The molecule has 190 valence electrons. The van der Waals surface area contributed by atoms with Crippen molar-refractivity contribution in [2.75, 3.05) is 0 Å². The molecule has 3 N–H and O–H groups in total. The average molecular weight is 470 g/mol. The number of aliphatic carboxylic acids is 1. The Morgan fingerprint density at radius 1 is 0.941 bits per heavy atom. The summed E-state index contributed by atoms with van der Waals surface area (Å²) in [5.74, 6) is 0.313. The second-order valence-electron chi connectivity index (χ2n) is 15.0. The van der Waals surface area contributed by atoms with Gasteiger partial charge in [0.25, 0.3) is 0 Å². The summed E-state index contributed by atoms with van der Waals surface area (Å²) in [6.07, 6.45) is 10.9. The quantitative estimate of drug-likeness (QED) is 0.467. The van der Waals surface area contributed by atoms with Crippen molar-refractivity contribution < 1.29 is 14.7 Å². The lowest BCUT2D eigenvalue weighted by Crippen LogP contribution is -2.67. The summed E-state index contributed by atoms with van der Waals surface area (Å²) in [6.45, 7) is 16.2. The molecule has 9 atom stereocenters. The number of hydrogen-bond donors (Lipinski definition) is 2. The Morgan fingerprint density at radius 3 is 2.24 bits per heavy atom. The predicted octanol–water partition coefficient (Wildman–Crippen LogP) is 6.38. The molecular formula is C30H47NO3. The largest absolute Gasteiger partial charge is 0.481 e. The van der Waals surface area contributed by atoms with Crippen LogP contribution in [0.2, 0.25) is 0 Å². The zero-order valence-corrected chi connectivity index (χ0v) is 22.6. The maximum atomic E-state index is 14.2. The number of carboxylic acid groups (broad SMARTS) is 1. The van der Waals surface area contributed by atoms with Gasteiger partial charge >= 0.3 is 5.97 Å². The highest BCUT2D eigenvalue weighted by molar-refractivity contribution is 5.95. The summed E-state index contributed by atoms with van der Waals surface area (Å²) in [6, 6.07) is 0.196. The van der Waals surface area contributed by atoms with E-state index in [2.05, 4.69) is 47.6 Å². The monoisotopic (exact) mass is 469 g/mol. The number of carboxylic acids is 1. The van der Waals surface area contributed by atoms with E-state index in [1.807, 2.05) is 6.92 Å². The minimum Gasteiger partial charge on any atom is -0.481 e. The summed E-state index contributed by atoms with van der Waals surface area (Å²) >= 11 is 0. The lowest BCUT2D eigenvalue weighted by Gasteiger charge is -2.70. The Hall–Kier alpha value is -1.16. The topological polar surface area (TPSA) is 80.4 Å². The van der Waals surface area contributed by atoms with E-state index in [1.54, 1.807) is 0 Å². The van der Waals surface area contributed by atoms with E-state index < -0.39 is 11.4 Å². The van der Waals surface area contributed by atoms with Crippen LogP contribution in [0.3, 0.4) is 0 Å². The number of allylic oxidation sites excluding steroid dienone is 2. The molecule has 0 saturated heterocycles. The maximum Gasteiger partial charge on any atom is 0.309 e. The third-order valence-electron chi connectivity index (χ3n) is 13.2. The SMILES string of the molecule is CC1(C)[C@H](N)CC[C@@]2(C)[C@@H]1CC[C@]1(C)[C@H]2C(=O)C=C2[C@@H]3C[C@@](C)(C(=O)O)CC[C@]3(C)CC[C@]21C. The number of carbonyl (C=O) groups is 2. The Labute approximate surface area is 206 Å². The van der Waals surface area contributed by atoms with Crippen LogP contribution >= 0.6 is 0 Å². The van der Waals surface area contributed by atoms with Gasteiger partial charge in [0.05, 0.1) is 5.41 Å². The number of nitrogens with two attached hydrogens (primary N) is 1. The molecule has 5 aliphatic carbocycles. The minimum absolute atomic E-state index is 0.0260. The first kappa shape index (κ1) is 24.5. The Balaban J connectivity index is 1.62. The molecule has 4 fully saturated rings.